The van der Waals surface area contributed by atoms with E-state index in [9.17, 15) is 0 Å². The Kier molecular flexibility index (Phi) is 3.83. The normalized spacial score (nSPS) is 12.7. The van der Waals surface area contributed by atoms with Gasteiger partial charge in [0.25, 0.3) is 0 Å². The molecule has 0 aliphatic carbocycles. The monoisotopic (exact) mass is 260 g/mol. The third-order valence-corrected chi connectivity index (χ3v) is 4.08. The van der Waals surface area contributed by atoms with Crippen molar-refractivity contribution in [2.75, 3.05) is 0 Å². The average Bonchev–Trinajstić information content (AvgIpc) is 2.70. The Labute approximate surface area is 113 Å². The van der Waals surface area contributed by atoms with Crippen LogP contribution in [0.4, 0.5) is 0 Å². The molecule has 3 heteroatoms. The molecule has 18 heavy (non-hydrogen) atoms. The number of aryl methyl sites for hydroxylation is 3. The van der Waals surface area contributed by atoms with E-state index in [2.05, 4.69) is 38.3 Å². The summed E-state index contributed by atoms with van der Waals surface area (Å²) in [5, 5.41) is 3.22. The number of rotatable bonds is 3. The molecule has 1 aromatic heterocycles. The van der Waals surface area contributed by atoms with Crippen LogP contribution in [0.3, 0.4) is 0 Å². The van der Waals surface area contributed by atoms with Crippen LogP contribution in [0.5, 0.6) is 0 Å². The van der Waals surface area contributed by atoms with Crippen LogP contribution < -0.4 is 5.73 Å². The minimum Gasteiger partial charge on any atom is -0.328 e. The SMILES string of the molecule is Cc1cc(C)c(-c2nc(CC(C)N)cs2)cc1C. The van der Waals surface area contributed by atoms with Gasteiger partial charge in [-0.15, -0.1) is 11.3 Å². The first-order chi connectivity index (χ1) is 8.47. The molecule has 2 aromatic rings. The van der Waals surface area contributed by atoms with Crippen LogP contribution in [0, 0.1) is 20.8 Å². The van der Waals surface area contributed by atoms with E-state index in [1.54, 1.807) is 11.3 Å². The number of aromatic nitrogens is 1. The van der Waals surface area contributed by atoms with Gasteiger partial charge in [0.2, 0.25) is 0 Å². The maximum Gasteiger partial charge on any atom is 0.123 e. The van der Waals surface area contributed by atoms with Gasteiger partial charge in [0, 0.05) is 23.4 Å². The number of thiazole rings is 1. The minimum atomic E-state index is 0.167. The van der Waals surface area contributed by atoms with Gasteiger partial charge >= 0.3 is 0 Å². The van der Waals surface area contributed by atoms with Crippen molar-refractivity contribution in [1.82, 2.24) is 4.98 Å². The molecule has 0 amide bonds. The van der Waals surface area contributed by atoms with Crippen LogP contribution in [0.15, 0.2) is 17.5 Å². The van der Waals surface area contributed by atoms with Crippen molar-refractivity contribution in [2.45, 2.75) is 40.2 Å². The van der Waals surface area contributed by atoms with Gasteiger partial charge in [-0.25, -0.2) is 4.98 Å². The molecule has 1 atom stereocenters. The van der Waals surface area contributed by atoms with E-state index in [4.69, 9.17) is 10.7 Å². The third-order valence-electron chi connectivity index (χ3n) is 3.15. The summed E-state index contributed by atoms with van der Waals surface area (Å²) >= 11 is 1.71. The highest BCUT2D eigenvalue weighted by atomic mass is 32.1. The number of hydrogen-bond donors (Lipinski definition) is 1. The lowest BCUT2D eigenvalue weighted by Crippen LogP contribution is -2.17. The zero-order chi connectivity index (χ0) is 13.3. The lowest BCUT2D eigenvalue weighted by Gasteiger charge is -2.07. The zero-order valence-electron chi connectivity index (χ0n) is 11.4. The molecule has 1 unspecified atom stereocenters. The van der Waals surface area contributed by atoms with E-state index in [1.807, 2.05) is 6.92 Å². The molecule has 0 saturated heterocycles. The van der Waals surface area contributed by atoms with Crippen molar-refractivity contribution in [3.63, 3.8) is 0 Å². The first-order valence-electron chi connectivity index (χ1n) is 6.25. The van der Waals surface area contributed by atoms with Crippen LogP contribution in [-0.4, -0.2) is 11.0 Å². The highest BCUT2D eigenvalue weighted by Gasteiger charge is 2.10. The molecule has 2 N–H and O–H groups in total. The van der Waals surface area contributed by atoms with Gasteiger partial charge in [-0.3, -0.25) is 0 Å². The molecule has 2 nitrogen and oxygen atoms in total. The Morgan fingerprint density at radius 2 is 1.83 bits per heavy atom. The van der Waals surface area contributed by atoms with Gasteiger partial charge in [0.05, 0.1) is 5.69 Å². The quantitative estimate of drug-likeness (QED) is 0.915. The molecule has 0 aliphatic rings. The maximum atomic E-state index is 5.81. The molecule has 0 saturated carbocycles. The Bertz CT molecular complexity index is 556. The summed E-state index contributed by atoms with van der Waals surface area (Å²) in [6, 6.07) is 4.64. The standard InChI is InChI=1S/C15H20N2S/c1-9-5-11(3)14(6-10(9)2)15-17-13(8-18-15)7-12(4)16/h5-6,8,12H,7,16H2,1-4H3. The molecular weight excluding hydrogens is 240 g/mol. The average molecular weight is 260 g/mol. The first-order valence-corrected chi connectivity index (χ1v) is 7.13. The molecule has 0 radical (unpaired) electrons. The molecule has 0 fully saturated rings. The van der Waals surface area contributed by atoms with Crippen LogP contribution in [-0.2, 0) is 6.42 Å². The topological polar surface area (TPSA) is 38.9 Å². The summed E-state index contributed by atoms with van der Waals surface area (Å²) < 4.78 is 0. The molecule has 1 aromatic carbocycles. The molecule has 0 bridgehead atoms. The number of hydrogen-bond acceptors (Lipinski definition) is 3. The Hall–Kier alpha value is -1.19. The van der Waals surface area contributed by atoms with E-state index in [1.165, 1.54) is 22.3 Å². The van der Waals surface area contributed by atoms with Crippen molar-refractivity contribution >= 4 is 11.3 Å². The van der Waals surface area contributed by atoms with Crippen molar-refractivity contribution < 1.29 is 0 Å². The fraction of sp³-hybridized carbons (Fsp3) is 0.400. The van der Waals surface area contributed by atoms with E-state index >= 15 is 0 Å². The van der Waals surface area contributed by atoms with Crippen molar-refractivity contribution in [3.8, 4) is 10.6 Å². The van der Waals surface area contributed by atoms with Gasteiger partial charge in [-0.05, 0) is 50.5 Å². The summed E-state index contributed by atoms with van der Waals surface area (Å²) in [6.07, 6.45) is 0.848. The summed E-state index contributed by atoms with van der Waals surface area (Å²) in [5.41, 5.74) is 12.1. The Balaban J connectivity index is 2.37. The van der Waals surface area contributed by atoms with Crippen molar-refractivity contribution in [1.29, 1.82) is 0 Å². The third kappa shape index (κ3) is 2.79. The molecule has 0 spiro atoms. The first kappa shape index (κ1) is 13.2. The second kappa shape index (κ2) is 5.21. The predicted molar refractivity (Wildman–Crippen MR) is 79.1 cm³/mol. The van der Waals surface area contributed by atoms with Gasteiger partial charge < -0.3 is 5.73 Å². The van der Waals surface area contributed by atoms with Crippen LogP contribution in [0.2, 0.25) is 0 Å². The molecule has 1 heterocycles. The summed E-state index contributed by atoms with van der Waals surface area (Å²) in [6.45, 7) is 8.46. The smallest absolute Gasteiger partial charge is 0.123 e. The summed E-state index contributed by atoms with van der Waals surface area (Å²) in [5.74, 6) is 0. The second-order valence-corrected chi connectivity index (χ2v) is 5.93. The van der Waals surface area contributed by atoms with Crippen LogP contribution in [0.25, 0.3) is 10.6 Å². The zero-order valence-corrected chi connectivity index (χ0v) is 12.3. The van der Waals surface area contributed by atoms with Crippen LogP contribution >= 0.6 is 11.3 Å². The van der Waals surface area contributed by atoms with Crippen LogP contribution in [0.1, 0.15) is 29.3 Å². The molecule has 0 aliphatic heterocycles. The summed E-state index contributed by atoms with van der Waals surface area (Å²) in [7, 11) is 0. The van der Waals surface area contributed by atoms with E-state index < -0.39 is 0 Å². The van der Waals surface area contributed by atoms with Crippen molar-refractivity contribution in [2.24, 2.45) is 5.73 Å². The van der Waals surface area contributed by atoms with Gasteiger partial charge in [0.1, 0.15) is 5.01 Å². The number of nitrogens with two attached hydrogens (primary N) is 1. The number of nitrogens with zero attached hydrogens (tertiary/aromatic N) is 1. The predicted octanol–water partition coefficient (Wildman–Crippen LogP) is 3.63. The van der Waals surface area contributed by atoms with Gasteiger partial charge in [-0.1, -0.05) is 6.07 Å². The van der Waals surface area contributed by atoms with E-state index in [-0.39, 0.29) is 6.04 Å². The number of benzene rings is 1. The Morgan fingerprint density at radius 3 is 2.50 bits per heavy atom. The highest BCUT2D eigenvalue weighted by molar-refractivity contribution is 7.13. The fourth-order valence-corrected chi connectivity index (χ4v) is 2.96. The van der Waals surface area contributed by atoms with E-state index in [0.29, 0.717) is 0 Å². The second-order valence-electron chi connectivity index (χ2n) is 5.08. The largest absolute Gasteiger partial charge is 0.328 e. The molecular formula is C15H20N2S. The minimum absolute atomic E-state index is 0.167. The lowest BCUT2D eigenvalue weighted by molar-refractivity contribution is 0.726. The fourth-order valence-electron chi connectivity index (χ4n) is 2.05. The Morgan fingerprint density at radius 1 is 1.17 bits per heavy atom. The molecule has 96 valence electrons. The molecule has 2 rings (SSSR count). The van der Waals surface area contributed by atoms with Gasteiger partial charge in [0.15, 0.2) is 0 Å². The highest BCUT2D eigenvalue weighted by Crippen LogP contribution is 2.29. The van der Waals surface area contributed by atoms with E-state index in [0.717, 1.165) is 17.1 Å². The lowest BCUT2D eigenvalue weighted by atomic mass is 10.0. The maximum absolute atomic E-state index is 5.81. The van der Waals surface area contributed by atoms with Gasteiger partial charge in [-0.2, -0.15) is 0 Å². The summed E-state index contributed by atoms with van der Waals surface area (Å²) in [4.78, 5) is 4.69. The van der Waals surface area contributed by atoms with Crippen molar-refractivity contribution in [3.05, 3.63) is 39.9 Å².